The first-order valence-electron chi connectivity index (χ1n) is 12.2. The number of fused-ring (bicyclic) bond motifs is 1. The normalized spacial score (nSPS) is 17.6. The van der Waals surface area contributed by atoms with E-state index in [1.165, 1.54) is 0 Å². The second kappa shape index (κ2) is 11.6. The number of pyridine rings is 1. The third kappa shape index (κ3) is 6.65. The number of aryl methyl sites for hydroxylation is 1. The zero-order valence-electron chi connectivity index (χ0n) is 20.3. The van der Waals surface area contributed by atoms with Crippen molar-refractivity contribution in [2.45, 2.75) is 19.8 Å². The molecule has 2 amide bonds. The van der Waals surface area contributed by atoms with Crippen molar-refractivity contribution in [3.05, 3.63) is 29.8 Å². The van der Waals surface area contributed by atoms with Crippen molar-refractivity contribution in [1.82, 2.24) is 20.1 Å². The minimum absolute atomic E-state index is 0.0987. The van der Waals surface area contributed by atoms with Gasteiger partial charge in [-0.1, -0.05) is 0 Å². The van der Waals surface area contributed by atoms with E-state index in [2.05, 4.69) is 45.4 Å². The Kier molecular flexibility index (Phi) is 8.31. The van der Waals surface area contributed by atoms with E-state index in [0.717, 1.165) is 87.0 Å². The molecule has 0 aliphatic carbocycles. The lowest BCUT2D eigenvalue weighted by atomic mass is 10.1. The number of ether oxygens (including phenoxy) is 1. The first kappa shape index (κ1) is 24.4. The smallest absolute Gasteiger partial charge is 0.224 e. The number of morpholine rings is 1. The summed E-state index contributed by atoms with van der Waals surface area (Å²) in [5, 5.41) is 6.85. The predicted octanol–water partition coefficient (Wildman–Crippen LogP) is 1.46. The van der Waals surface area contributed by atoms with Crippen molar-refractivity contribution >= 4 is 34.2 Å². The topological polar surface area (TPSA) is 90.0 Å². The molecule has 0 saturated carbocycles. The number of nitrogens with one attached hydrogen (secondary N) is 2. The van der Waals surface area contributed by atoms with Gasteiger partial charge in [0.1, 0.15) is 5.82 Å². The Morgan fingerprint density at radius 1 is 1.00 bits per heavy atom. The molecule has 9 heteroatoms. The van der Waals surface area contributed by atoms with Gasteiger partial charge in [-0.3, -0.25) is 14.5 Å². The van der Waals surface area contributed by atoms with Gasteiger partial charge in [0, 0.05) is 76.3 Å². The molecule has 2 N–H and O–H groups in total. The van der Waals surface area contributed by atoms with Crippen LogP contribution in [0.4, 0.5) is 11.5 Å². The first-order chi connectivity index (χ1) is 16.5. The quantitative estimate of drug-likeness (QED) is 0.606. The lowest BCUT2D eigenvalue weighted by Crippen LogP contribution is -2.44. The summed E-state index contributed by atoms with van der Waals surface area (Å²) in [6, 6.07) is 7.92. The number of likely N-dealkylation sites (N-methyl/N-ethyl adjacent to an activating group) is 1. The molecule has 1 aromatic heterocycles. The Hall–Kier alpha value is -2.75. The number of hydrogen-bond acceptors (Lipinski definition) is 7. The molecule has 0 bridgehead atoms. The molecule has 2 aliphatic heterocycles. The lowest BCUT2D eigenvalue weighted by Gasteiger charge is -2.33. The van der Waals surface area contributed by atoms with Gasteiger partial charge in [0.15, 0.2) is 0 Å². The van der Waals surface area contributed by atoms with Crippen LogP contribution in [0, 0.1) is 6.92 Å². The van der Waals surface area contributed by atoms with E-state index in [4.69, 9.17) is 9.72 Å². The highest BCUT2D eigenvalue weighted by Gasteiger charge is 2.17. The van der Waals surface area contributed by atoms with E-state index in [9.17, 15) is 9.59 Å². The number of hydrogen-bond donors (Lipinski definition) is 2. The molecule has 2 saturated heterocycles. The van der Waals surface area contributed by atoms with Gasteiger partial charge in [0.05, 0.1) is 18.7 Å². The highest BCUT2D eigenvalue weighted by Crippen LogP contribution is 2.26. The summed E-state index contributed by atoms with van der Waals surface area (Å²) in [6.45, 7) is 10.8. The van der Waals surface area contributed by atoms with Crippen LogP contribution in [0.25, 0.3) is 10.9 Å². The van der Waals surface area contributed by atoms with Crippen molar-refractivity contribution in [3.63, 3.8) is 0 Å². The van der Waals surface area contributed by atoms with Gasteiger partial charge in [0.25, 0.3) is 0 Å². The zero-order chi connectivity index (χ0) is 23.9. The molecule has 2 aliphatic rings. The summed E-state index contributed by atoms with van der Waals surface area (Å²) in [6.07, 6.45) is 0.332. The zero-order valence-corrected chi connectivity index (χ0v) is 20.3. The molecule has 34 heavy (non-hydrogen) atoms. The fourth-order valence-electron chi connectivity index (χ4n) is 4.37. The maximum absolute atomic E-state index is 12.4. The molecular weight excluding hydrogens is 432 g/mol. The highest BCUT2D eigenvalue weighted by molar-refractivity contribution is 5.96. The van der Waals surface area contributed by atoms with Crippen LogP contribution in [0.3, 0.4) is 0 Å². The van der Waals surface area contributed by atoms with Gasteiger partial charge in [-0.2, -0.15) is 0 Å². The predicted molar refractivity (Wildman–Crippen MR) is 134 cm³/mol. The molecule has 184 valence electrons. The Bertz CT molecular complexity index is 1000. The summed E-state index contributed by atoms with van der Waals surface area (Å²) in [7, 11) is 2.14. The molecule has 0 radical (unpaired) electrons. The molecule has 4 rings (SSSR count). The van der Waals surface area contributed by atoms with Crippen molar-refractivity contribution < 1.29 is 14.3 Å². The lowest BCUT2D eigenvalue weighted by molar-refractivity contribution is -0.124. The number of piperazine rings is 1. The minimum Gasteiger partial charge on any atom is -0.379 e. The first-order valence-corrected chi connectivity index (χ1v) is 12.2. The Labute approximate surface area is 201 Å². The summed E-state index contributed by atoms with van der Waals surface area (Å²) >= 11 is 0. The number of anilines is 2. The van der Waals surface area contributed by atoms with E-state index >= 15 is 0 Å². The van der Waals surface area contributed by atoms with Gasteiger partial charge in [-0.25, -0.2) is 4.98 Å². The second-order valence-electron chi connectivity index (χ2n) is 9.17. The van der Waals surface area contributed by atoms with Crippen LogP contribution in [-0.4, -0.2) is 99.2 Å². The molecule has 2 fully saturated rings. The molecule has 9 nitrogen and oxygen atoms in total. The van der Waals surface area contributed by atoms with Crippen molar-refractivity contribution in [2.24, 2.45) is 0 Å². The third-order valence-electron chi connectivity index (χ3n) is 6.55. The van der Waals surface area contributed by atoms with E-state index in [-0.39, 0.29) is 24.7 Å². The molecule has 0 unspecified atom stereocenters. The van der Waals surface area contributed by atoms with Gasteiger partial charge >= 0.3 is 0 Å². The van der Waals surface area contributed by atoms with E-state index in [1.807, 2.05) is 18.2 Å². The SMILES string of the molecule is Cc1cc(N2CCN(C)CC2)nc2ccc(NC(=O)CCC(=O)NCCN3CCOCC3)cc12. The molecule has 3 heterocycles. The summed E-state index contributed by atoms with van der Waals surface area (Å²) in [4.78, 5) is 36.3. The average molecular weight is 469 g/mol. The number of benzene rings is 1. The largest absolute Gasteiger partial charge is 0.379 e. The fourth-order valence-corrected chi connectivity index (χ4v) is 4.37. The van der Waals surface area contributed by atoms with Crippen molar-refractivity contribution in [2.75, 3.05) is 82.8 Å². The average Bonchev–Trinajstić information content (AvgIpc) is 2.84. The van der Waals surface area contributed by atoms with Gasteiger partial charge in [-0.15, -0.1) is 0 Å². The van der Waals surface area contributed by atoms with Gasteiger partial charge in [-0.05, 0) is 43.8 Å². The Morgan fingerprint density at radius 2 is 1.74 bits per heavy atom. The number of carbonyl (C=O) groups excluding carboxylic acids is 2. The fraction of sp³-hybridized carbons (Fsp3) is 0.560. The van der Waals surface area contributed by atoms with Crippen LogP contribution in [-0.2, 0) is 14.3 Å². The Morgan fingerprint density at radius 3 is 2.50 bits per heavy atom. The van der Waals surface area contributed by atoms with Crippen LogP contribution < -0.4 is 15.5 Å². The van der Waals surface area contributed by atoms with Crippen LogP contribution in [0.15, 0.2) is 24.3 Å². The van der Waals surface area contributed by atoms with Gasteiger partial charge < -0.3 is 25.2 Å². The number of carbonyl (C=O) groups is 2. The van der Waals surface area contributed by atoms with Gasteiger partial charge in [0.2, 0.25) is 11.8 Å². The van der Waals surface area contributed by atoms with Crippen LogP contribution in [0.1, 0.15) is 18.4 Å². The number of rotatable bonds is 8. The van der Waals surface area contributed by atoms with Crippen molar-refractivity contribution in [1.29, 1.82) is 0 Å². The number of amides is 2. The minimum atomic E-state index is -0.164. The molecular formula is C25H36N6O3. The molecule has 2 aromatic rings. The van der Waals surface area contributed by atoms with Crippen LogP contribution in [0.5, 0.6) is 0 Å². The number of aromatic nitrogens is 1. The molecule has 0 atom stereocenters. The molecule has 0 spiro atoms. The summed E-state index contributed by atoms with van der Waals surface area (Å²) < 4.78 is 5.32. The van der Waals surface area contributed by atoms with Crippen LogP contribution >= 0.6 is 0 Å². The van der Waals surface area contributed by atoms with Crippen molar-refractivity contribution in [3.8, 4) is 0 Å². The summed E-state index contributed by atoms with van der Waals surface area (Å²) in [5.41, 5.74) is 2.78. The summed E-state index contributed by atoms with van der Waals surface area (Å²) in [5.74, 6) is 0.746. The Balaban J connectivity index is 1.26. The monoisotopic (exact) mass is 468 g/mol. The number of nitrogens with zero attached hydrogens (tertiary/aromatic N) is 4. The maximum atomic E-state index is 12.4. The molecule has 1 aromatic carbocycles. The third-order valence-corrected chi connectivity index (χ3v) is 6.55. The standard InChI is InChI=1S/C25H36N6O3/c1-19-17-23(31-11-9-29(2)10-12-31)28-22-4-3-20(18-21(19)22)27-25(33)6-5-24(32)26-7-8-30-13-15-34-16-14-30/h3-4,17-18H,5-16H2,1-2H3,(H,26,32)(H,27,33). The maximum Gasteiger partial charge on any atom is 0.224 e. The second-order valence-corrected chi connectivity index (χ2v) is 9.17. The van der Waals surface area contributed by atoms with E-state index < -0.39 is 0 Å². The van der Waals surface area contributed by atoms with E-state index in [1.54, 1.807) is 0 Å². The van der Waals surface area contributed by atoms with Crippen LogP contribution in [0.2, 0.25) is 0 Å². The highest BCUT2D eigenvalue weighted by atomic mass is 16.5. The van der Waals surface area contributed by atoms with E-state index in [0.29, 0.717) is 6.54 Å².